The fraction of sp³-hybridized carbons (Fsp3) is 0.542. The maximum absolute atomic E-state index is 13.2. The van der Waals surface area contributed by atoms with Crippen LogP contribution in [0.25, 0.3) is 21.8 Å². The zero-order valence-corrected chi connectivity index (χ0v) is 18.8. The van der Waals surface area contributed by atoms with Gasteiger partial charge in [0, 0.05) is 30.9 Å². The highest BCUT2D eigenvalue weighted by atomic mass is 16.2. The largest absolute Gasteiger partial charge is 0.354 e. The number of carbonyl (C=O) groups excluding carboxylic acids is 1. The van der Waals surface area contributed by atoms with Crippen LogP contribution in [0.2, 0.25) is 0 Å². The number of amides is 1. The van der Waals surface area contributed by atoms with E-state index in [2.05, 4.69) is 22.2 Å². The molecule has 1 aliphatic rings. The summed E-state index contributed by atoms with van der Waals surface area (Å²) in [5.74, 6) is 0.733. The molecular formula is C24H33N5O2. The van der Waals surface area contributed by atoms with E-state index in [1.165, 1.54) is 17.5 Å². The summed E-state index contributed by atoms with van der Waals surface area (Å²) in [4.78, 5) is 28.7. The molecular weight excluding hydrogens is 390 g/mol. The third-order valence-corrected chi connectivity index (χ3v) is 6.50. The molecule has 1 saturated heterocycles. The lowest BCUT2D eigenvalue weighted by Gasteiger charge is -2.30. The predicted molar refractivity (Wildman–Crippen MR) is 124 cm³/mol. The molecule has 2 atom stereocenters. The molecule has 0 radical (unpaired) electrons. The Morgan fingerprint density at radius 2 is 2.10 bits per heavy atom. The van der Waals surface area contributed by atoms with Gasteiger partial charge in [0.1, 0.15) is 11.6 Å². The number of benzene rings is 1. The molecule has 0 saturated carbocycles. The Morgan fingerprint density at radius 3 is 2.87 bits per heavy atom. The van der Waals surface area contributed by atoms with E-state index in [0.29, 0.717) is 18.5 Å². The first-order valence-corrected chi connectivity index (χ1v) is 11.5. The molecule has 7 nitrogen and oxygen atoms in total. The molecule has 2 aromatic heterocycles. The maximum atomic E-state index is 13.2. The molecule has 0 bridgehead atoms. The zero-order chi connectivity index (χ0) is 22.0. The highest BCUT2D eigenvalue weighted by molar-refractivity contribution is 6.08. The van der Waals surface area contributed by atoms with Crippen molar-refractivity contribution in [3.05, 3.63) is 40.8 Å². The van der Waals surface area contributed by atoms with Crippen LogP contribution in [0.3, 0.4) is 0 Å². The quantitative estimate of drug-likeness (QED) is 0.593. The van der Waals surface area contributed by atoms with Crippen LogP contribution in [-0.4, -0.2) is 51.3 Å². The Hall–Kier alpha value is -2.67. The van der Waals surface area contributed by atoms with Crippen LogP contribution in [0.15, 0.2) is 35.3 Å². The van der Waals surface area contributed by atoms with Crippen molar-refractivity contribution in [3.63, 3.8) is 0 Å². The summed E-state index contributed by atoms with van der Waals surface area (Å²) in [6.07, 6.45) is 5.85. The van der Waals surface area contributed by atoms with Gasteiger partial charge in [-0.25, -0.2) is 4.68 Å². The number of piperidine rings is 1. The number of likely N-dealkylation sites (tertiary alicyclic amines) is 1. The van der Waals surface area contributed by atoms with Gasteiger partial charge in [-0.15, -0.1) is 0 Å². The summed E-state index contributed by atoms with van der Waals surface area (Å²) in [5, 5.41) is 9.07. The molecule has 1 aliphatic heterocycles. The number of hydrogen-bond donors (Lipinski definition) is 1. The van der Waals surface area contributed by atoms with E-state index in [1.807, 2.05) is 35.8 Å². The van der Waals surface area contributed by atoms with Gasteiger partial charge in [0.15, 0.2) is 0 Å². The number of aryl methyl sites for hydroxylation is 1. The van der Waals surface area contributed by atoms with Gasteiger partial charge in [0.2, 0.25) is 5.91 Å². The average Bonchev–Trinajstić information content (AvgIpc) is 3.10. The third-order valence-electron chi connectivity index (χ3n) is 6.50. The highest BCUT2D eigenvalue weighted by Crippen LogP contribution is 2.30. The Balaban J connectivity index is 1.55. The summed E-state index contributed by atoms with van der Waals surface area (Å²) in [5.41, 5.74) is 1.26. The van der Waals surface area contributed by atoms with Crippen molar-refractivity contribution in [1.29, 1.82) is 0 Å². The summed E-state index contributed by atoms with van der Waals surface area (Å²) in [6.45, 7) is 8.29. The van der Waals surface area contributed by atoms with Crippen molar-refractivity contribution in [2.24, 2.45) is 13.0 Å². The summed E-state index contributed by atoms with van der Waals surface area (Å²) in [7, 11) is 1.65. The third kappa shape index (κ3) is 4.24. The molecule has 3 aromatic rings. The molecule has 31 heavy (non-hydrogen) atoms. The minimum Gasteiger partial charge on any atom is -0.354 e. The molecule has 166 valence electrons. The molecule has 0 spiro atoms. The molecule has 7 heteroatoms. The normalized spacial score (nSPS) is 18.5. The molecule has 3 heterocycles. The minimum absolute atomic E-state index is 0.0315. The second-order valence-corrected chi connectivity index (χ2v) is 8.84. The second kappa shape index (κ2) is 9.22. The van der Waals surface area contributed by atoms with Crippen molar-refractivity contribution in [3.8, 4) is 0 Å². The van der Waals surface area contributed by atoms with Gasteiger partial charge in [-0.1, -0.05) is 32.0 Å². The maximum Gasteiger partial charge on any atom is 0.291 e. The van der Waals surface area contributed by atoms with Gasteiger partial charge in [0.25, 0.3) is 5.56 Å². The lowest BCUT2D eigenvalue weighted by atomic mass is 10.0. The Kier molecular flexibility index (Phi) is 6.41. The topological polar surface area (TPSA) is 72.2 Å². The van der Waals surface area contributed by atoms with E-state index < -0.39 is 6.04 Å². The van der Waals surface area contributed by atoms with E-state index in [9.17, 15) is 9.59 Å². The van der Waals surface area contributed by atoms with Gasteiger partial charge in [-0.05, 0) is 50.8 Å². The van der Waals surface area contributed by atoms with Crippen LogP contribution in [-0.2, 0) is 11.8 Å². The van der Waals surface area contributed by atoms with Crippen LogP contribution in [0.1, 0.15) is 45.6 Å². The van der Waals surface area contributed by atoms with Crippen LogP contribution < -0.4 is 10.9 Å². The van der Waals surface area contributed by atoms with Crippen molar-refractivity contribution in [1.82, 2.24) is 24.6 Å². The van der Waals surface area contributed by atoms with Crippen molar-refractivity contribution in [2.75, 3.05) is 26.2 Å². The number of carbonyl (C=O) groups is 1. The first kappa shape index (κ1) is 21.6. The van der Waals surface area contributed by atoms with E-state index in [0.717, 1.165) is 48.3 Å². The second-order valence-electron chi connectivity index (χ2n) is 8.84. The zero-order valence-electron chi connectivity index (χ0n) is 18.8. The number of nitrogens with zero attached hydrogens (tertiary/aromatic N) is 4. The van der Waals surface area contributed by atoms with Crippen molar-refractivity contribution >= 4 is 27.7 Å². The number of para-hydroxylation sites is 1. The molecule has 1 fully saturated rings. The van der Waals surface area contributed by atoms with Gasteiger partial charge in [0.05, 0.1) is 11.7 Å². The predicted octanol–water partition coefficient (Wildman–Crippen LogP) is 3.08. The SMILES string of the molecule is CCC(C(=O)NCCCN1CCCC(C)C1)n1c2ccccc2c2cnn(C)c(=O)c21. The van der Waals surface area contributed by atoms with Gasteiger partial charge >= 0.3 is 0 Å². The summed E-state index contributed by atoms with van der Waals surface area (Å²) >= 11 is 0. The van der Waals surface area contributed by atoms with Crippen LogP contribution in [0.4, 0.5) is 0 Å². The molecule has 4 rings (SSSR count). The summed E-state index contributed by atoms with van der Waals surface area (Å²) < 4.78 is 3.25. The fourth-order valence-electron chi connectivity index (χ4n) is 4.92. The minimum atomic E-state index is -0.437. The Labute approximate surface area is 183 Å². The number of aromatic nitrogens is 3. The monoisotopic (exact) mass is 423 g/mol. The smallest absolute Gasteiger partial charge is 0.291 e. The Morgan fingerprint density at radius 1 is 1.29 bits per heavy atom. The van der Waals surface area contributed by atoms with Crippen LogP contribution >= 0.6 is 0 Å². The molecule has 0 aliphatic carbocycles. The van der Waals surface area contributed by atoms with E-state index in [4.69, 9.17) is 0 Å². The average molecular weight is 424 g/mol. The van der Waals surface area contributed by atoms with Crippen LogP contribution in [0.5, 0.6) is 0 Å². The fourth-order valence-corrected chi connectivity index (χ4v) is 4.92. The highest BCUT2D eigenvalue weighted by Gasteiger charge is 2.25. The standard InChI is InChI=1S/C24H33N5O2/c1-4-20(23(30)25-12-8-14-28-13-7-9-17(2)16-28)29-21-11-6-5-10-18(21)19-15-26-27(3)24(31)22(19)29/h5-6,10-11,15,17,20H,4,7-9,12-14,16H2,1-3H3,(H,25,30). The number of hydrogen-bond acceptors (Lipinski definition) is 4. The molecule has 1 aromatic carbocycles. The molecule has 2 unspecified atom stereocenters. The number of rotatable bonds is 7. The van der Waals surface area contributed by atoms with Crippen molar-refractivity contribution < 1.29 is 4.79 Å². The van der Waals surface area contributed by atoms with Crippen LogP contribution in [0, 0.1) is 5.92 Å². The molecule has 1 amide bonds. The van der Waals surface area contributed by atoms with Gasteiger partial charge in [-0.2, -0.15) is 5.10 Å². The van der Waals surface area contributed by atoms with E-state index >= 15 is 0 Å². The Bertz CT molecular complexity index is 1130. The lowest BCUT2D eigenvalue weighted by Crippen LogP contribution is -2.38. The van der Waals surface area contributed by atoms with Crippen molar-refractivity contribution in [2.45, 2.75) is 45.6 Å². The number of nitrogens with one attached hydrogen (secondary N) is 1. The van der Waals surface area contributed by atoms with Gasteiger partial charge < -0.3 is 14.8 Å². The first-order valence-electron chi connectivity index (χ1n) is 11.5. The number of fused-ring (bicyclic) bond motifs is 3. The molecule has 1 N–H and O–H groups in total. The van der Waals surface area contributed by atoms with E-state index in [-0.39, 0.29) is 11.5 Å². The summed E-state index contributed by atoms with van der Waals surface area (Å²) in [6, 6.07) is 7.42. The lowest BCUT2D eigenvalue weighted by molar-refractivity contribution is -0.124. The first-order chi connectivity index (χ1) is 15.0. The van der Waals surface area contributed by atoms with E-state index in [1.54, 1.807) is 13.2 Å². The van der Waals surface area contributed by atoms with Gasteiger partial charge in [-0.3, -0.25) is 9.59 Å².